The van der Waals surface area contributed by atoms with E-state index in [0.29, 0.717) is 0 Å². The molecule has 0 saturated heterocycles. The lowest BCUT2D eigenvalue weighted by Gasteiger charge is -2.13. The Hall–Kier alpha value is -2.31. The Morgan fingerprint density at radius 3 is 2.50 bits per heavy atom. The summed E-state index contributed by atoms with van der Waals surface area (Å²) >= 11 is 5.22. The molecule has 0 aliphatic heterocycles. The van der Waals surface area contributed by atoms with Crippen LogP contribution in [0, 0.1) is 27.7 Å². The molecule has 156 valence electrons. The second kappa shape index (κ2) is 9.67. The van der Waals surface area contributed by atoms with Crippen LogP contribution in [0.5, 0.6) is 0 Å². The smallest absolute Gasteiger partial charge is 0.253 e. The van der Waals surface area contributed by atoms with Gasteiger partial charge in [-0.3, -0.25) is 4.79 Å². The molecule has 3 rings (SSSR count). The van der Waals surface area contributed by atoms with Crippen LogP contribution in [0.1, 0.15) is 35.0 Å². The zero-order chi connectivity index (χ0) is 21.8. The fourth-order valence-corrected chi connectivity index (χ4v) is 4.75. The molecule has 0 saturated carbocycles. The van der Waals surface area contributed by atoms with Gasteiger partial charge in [-0.2, -0.15) is 5.10 Å². The van der Waals surface area contributed by atoms with Crippen LogP contribution in [0.25, 0.3) is 5.69 Å². The van der Waals surface area contributed by atoms with Gasteiger partial charge in [0.1, 0.15) is 0 Å². The highest BCUT2D eigenvalue weighted by molar-refractivity contribution is 9.10. The van der Waals surface area contributed by atoms with Crippen molar-refractivity contribution in [2.45, 2.75) is 44.8 Å². The van der Waals surface area contributed by atoms with E-state index in [9.17, 15) is 4.79 Å². The first-order valence-corrected chi connectivity index (χ1v) is 11.5. The molecule has 1 heterocycles. The normalized spacial score (nSPS) is 12.3. The number of halogens is 1. The minimum atomic E-state index is -0.240. The highest BCUT2D eigenvalue weighted by atomic mass is 79.9. The van der Waals surface area contributed by atoms with Gasteiger partial charge < -0.3 is 4.57 Å². The number of rotatable bonds is 6. The summed E-state index contributed by atoms with van der Waals surface area (Å²) in [5.74, 6) is -0.125. The number of hydrazone groups is 1. The van der Waals surface area contributed by atoms with Crippen molar-refractivity contribution >= 4 is 39.8 Å². The van der Waals surface area contributed by atoms with Crippen molar-refractivity contribution in [3.8, 4) is 5.69 Å². The van der Waals surface area contributed by atoms with Crippen molar-refractivity contribution in [3.05, 3.63) is 81.1 Å². The molecule has 1 atom stereocenters. The lowest BCUT2D eigenvalue weighted by molar-refractivity contribution is -0.120. The third-order valence-electron chi connectivity index (χ3n) is 5.01. The monoisotopic (exact) mass is 483 g/mol. The van der Waals surface area contributed by atoms with Gasteiger partial charge in [0, 0.05) is 32.0 Å². The Bertz CT molecular complexity index is 1090. The Kier molecular flexibility index (Phi) is 7.21. The first-order valence-electron chi connectivity index (χ1n) is 9.79. The number of nitrogens with one attached hydrogen (secondary N) is 1. The maximum absolute atomic E-state index is 12.4. The number of thioether (sulfide) groups is 1. The minimum Gasteiger partial charge on any atom is -0.316 e. The molecule has 0 radical (unpaired) electrons. The van der Waals surface area contributed by atoms with Crippen molar-refractivity contribution in [2.24, 2.45) is 5.10 Å². The molecule has 6 heteroatoms. The summed E-state index contributed by atoms with van der Waals surface area (Å²) in [7, 11) is 0. The quantitative estimate of drug-likeness (QED) is 0.261. The molecule has 1 aromatic heterocycles. The lowest BCUT2D eigenvalue weighted by atomic mass is 10.1. The Labute approximate surface area is 190 Å². The van der Waals surface area contributed by atoms with Gasteiger partial charge in [-0.1, -0.05) is 30.3 Å². The summed E-state index contributed by atoms with van der Waals surface area (Å²) < 4.78 is 3.20. The standard InChI is InChI=1S/C24H26BrN3OS/c1-15-11-12-16(2)22(13-15)28-17(3)21(23(25)18(28)4)14-26-27-24(29)19(5)30-20-9-7-6-8-10-20/h6-14,19H,1-5H3,(H,27,29)/b26-14-/t19-/m1/s1. The number of nitrogens with zero attached hydrogens (tertiary/aromatic N) is 2. The zero-order valence-corrected chi connectivity index (χ0v) is 20.3. The fraction of sp³-hybridized carbons (Fsp3) is 0.250. The fourth-order valence-electron chi connectivity index (χ4n) is 3.30. The molecule has 0 bridgehead atoms. The molecule has 0 aliphatic carbocycles. The Morgan fingerprint density at radius 1 is 1.10 bits per heavy atom. The van der Waals surface area contributed by atoms with Crippen LogP contribution >= 0.6 is 27.7 Å². The molecule has 0 unspecified atom stereocenters. The number of benzene rings is 2. The number of carbonyl (C=O) groups is 1. The number of hydrogen-bond acceptors (Lipinski definition) is 3. The van der Waals surface area contributed by atoms with Crippen LogP contribution in [-0.2, 0) is 4.79 Å². The third-order valence-corrected chi connectivity index (χ3v) is 7.13. The second-order valence-electron chi connectivity index (χ2n) is 7.33. The predicted molar refractivity (Wildman–Crippen MR) is 130 cm³/mol. The first kappa shape index (κ1) is 22.4. The van der Waals surface area contributed by atoms with Gasteiger partial charge in [-0.15, -0.1) is 11.8 Å². The second-order valence-corrected chi connectivity index (χ2v) is 9.54. The average Bonchev–Trinajstić information content (AvgIpc) is 2.93. The van der Waals surface area contributed by atoms with Gasteiger partial charge in [0.15, 0.2) is 0 Å². The summed E-state index contributed by atoms with van der Waals surface area (Å²) in [6.07, 6.45) is 1.71. The Balaban J connectivity index is 1.78. The van der Waals surface area contributed by atoms with Crippen molar-refractivity contribution < 1.29 is 4.79 Å². The number of aryl methyl sites for hydroxylation is 2. The van der Waals surface area contributed by atoms with Crippen molar-refractivity contribution in [1.29, 1.82) is 0 Å². The van der Waals surface area contributed by atoms with Crippen LogP contribution in [0.2, 0.25) is 0 Å². The molecule has 4 nitrogen and oxygen atoms in total. The van der Waals surface area contributed by atoms with Crippen LogP contribution in [0.4, 0.5) is 0 Å². The summed E-state index contributed by atoms with van der Waals surface area (Å²) in [6.45, 7) is 10.2. The molecule has 0 aliphatic rings. The molecule has 0 fully saturated rings. The number of carbonyl (C=O) groups excluding carboxylic acids is 1. The predicted octanol–water partition coefficient (Wildman–Crippen LogP) is 6.10. The van der Waals surface area contributed by atoms with E-state index in [1.807, 2.05) is 37.3 Å². The third kappa shape index (κ3) is 4.87. The van der Waals surface area contributed by atoms with Crippen molar-refractivity contribution in [3.63, 3.8) is 0 Å². The molecule has 1 amide bonds. The van der Waals surface area contributed by atoms with E-state index >= 15 is 0 Å². The topological polar surface area (TPSA) is 46.4 Å². The maximum Gasteiger partial charge on any atom is 0.253 e. The van der Waals surface area contributed by atoms with E-state index in [4.69, 9.17) is 0 Å². The van der Waals surface area contributed by atoms with E-state index < -0.39 is 0 Å². The molecular formula is C24H26BrN3OS. The number of hydrogen-bond donors (Lipinski definition) is 1. The molecule has 1 N–H and O–H groups in total. The van der Waals surface area contributed by atoms with E-state index in [1.165, 1.54) is 22.9 Å². The first-order chi connectivity index (χ1) is 14.3. The van der Waals surface area contributed by atoms with Gasteiger partial charge in [-0.05, 0) is 79.9 Å². The van der Waals surface area contributed by atoms with Gasteiger partial charge in [0.25, 0.3) is 5.91 Å². The molecule has 30 heavy (non-hydrogen) atoms. The lowest BCUT2D eigenvalue weighted by Crippen LogP contribution is -2.26. The van der Waals surface area contributed by atoms with Gasteiger partial charge in [-0.25, -0.2) is 5.43 Å². The molecule has 3 aromatic rings. The van der Waals surface area contributed by atoms with Crippen LogP contribution in [0.3, 0.4) is 0 Å². The molecule has 0 spiro atoms. The SMILES string of the molecule is Cc1ccc(C)c(-n2c(C)c(Br)c(/C=N\NC(=O)[C@@H](C)Sc3ccccc3)c2C)c1. The largest absolute Gasteiger partial charge is 0.316 e. The Morgan fingerprint density at radius 2 is 1.80 bits per heavy atom. The van der Waals surface area contributed by atoms with Crippen LogP contribution < -0.4 is 5.43 Å². The van der Waals surface area contributed by atoms with Gasteiger partial charge in [0.2, 0.25) is 0 Å². The molecular weight excluding hydrogens is 458 g/mol. The highest BCUT2D eigenvalue weighted by Crippen LogP contribution is 2.31. The van der Waals surface area contributed by atoms with Crippen molar-refractivity contribution in [1.82, 2.24) is 9.99 Å². The summed E-state index contributed by atoms with van der Waals surface area (Å²) in [5, 5.41) is 3.99. The van der Waals surface area contributed by atoms with Crippen LogP contribution in [-0.4, -0.2) is 21.9 Å². The minimum absolute atomic E-state index is 0.125. The van der Waals surface area contributed by atoms with Gasteiger partial charge in [0.05, 0.1) is 11.5 Å². The van der Waals surface area contributed by atoms with E-state index in [2.05, 4.69) is 76.9 Å². The number of amides is 1. The van der Waals surface area contributed by atoms with Crippen LogP contribution in [0.15, 0.2) is 63.0 Å². The highest BCUT2D eigenvalue weighted by Gasteiger charge is 2.18. The summed E-state index contributed by atoms with van der Waals surface area (Å²) in [4.78, 5) is 13.5. The number of aromatic nitrogens is 1. The zero-order valence-electron chi connectivity index (χ0n) is 17.9. The van der Waals surface area contributed by atoms with Gasteiger partial charge >= 0.3 is 0 Å². The van der Waals surface area contributed by atoms with E-state index in [0.717, 1.165) is 32.0 Å². The van der Waals surface area contributed by atoms with E-state index in [1.54, 1.807) is 6.21 Å². The van der Waals surface area contributed by atoms with Crippen molar-refractivity contribution in [2.75, 3.05) is 0 Å². The molecule has 2 aromatic carbocycles. The van der Waals surface area contributed by atoms with E-state index in [-0.39, 0.29) is 11.2 Å². The summed E-state index contributed by atoms with van der Waals surface area (Å²) in [5.41, 5.74) is 9.37. The maximum atomic E-state index is 12.4. The summed E-state index contributed by atoms with van der Waals surface area (Å²) in [6, 6.07) is 16.3. The average molecular weight is 484 g/mol.